The molecule has 1 aliphatic carbocycles. The molecule has 1 heterocycles. The van der Waals surface area contributed by atoms with Gasteiger partial charge in [-0.15, -0.1) is 0 Å². The molecule has 2 aliphatic rings. The second kappa shape index (κ2) is 6.46. The highest BCUT2D eigenvalue weighted by Crippen LogP contribution is 2.28. The summed E-state index contributed by atoms with van der Waals surface area (Å²) in [6, 6.07) is 7.59. The van der Waals surface area contributed by atoms with Crippen LogP contribution in [0.25, 0.3) is 0 Å². The van der Waals surface area contributed by atoms with E-state index in [1.54, 1.807) is 0 Å². The SMILES string of the molecule is CCN1CCN(c2ccc(CNC3CC3)cc2Br)CC1. The summed E-state index contributed by atoms with van der Waals surface area (Å²) in [6.45, 7) is 9.02. The summed E-state index contributed by atoms with van der Waals surface area (Å²) in [5.74, 6) is 0. The Hall–Kier alpha value is -0.580. The monoisotopic (exact) mass is 337 g/mol. The second-order valence-electron chi connectivity index (χ2n) is 5.86. The van der Waals surface area contributed by atoms with Gasteiger partial charge in [0.1, 0.15) is 0 Å². The molecule has 0 aromatic heterocycles. The standard InChI is InChI=1S/C16H24BrN3/c1-2-19-7-9-20(10-8-19)16-6-3-13(11-15(16)17)12-18-14-4-5-14/h3,6,11,14,18H,2,4-5,7-10,12H2,1H3. The van der Waals surface area contributed by atoms with Gasteiger partial charge in [-0.1, -0.05) is 13.0 Å². The number of hydrogen-bond acceptors (Lipinski definition) is 3. The summed E-state index contributed by atoms with van der Waals surface area (Å²) in [6.07, 6.45) is 2.70. The van der Waals surface area contributed by atoms with Gasteiger partial charge in [-0.2, -0.15) is 0 Å². The fraction of sp³-hybridized carbons (Fsp3) is 0.625. The molecule has 1 aromatic rings. The molecule has 1 saturated carbocycles. The summed E-state index contributed by atoms with van der Waals surface area (Å²) >= 11 is 3.75. The third-order valence-corrected chi connectivity index (χ3v) is 4.98. The van der Waals surface area contributed by atoms with Gasteiger partial charge in [0, 0.05) is 43.2 Å². The number of benzene rings is 1. The molecule has 110 valence electrons. The Kier molecular flexibility index (Phi) is 4.64. The lowest BCUT2D eigenvalue weighted by Crippen LogP contribution is -2.46. The molecule has 0 atom stereocenters. The first-order chi connectivity index (χ1) is 9.76. The highest BCUT2D eigenvalue weighted by Gasteiger charge is 2.20. The smallest absolute Gasteiger partial charge is 0.0511 e. The largest absolute Gasteiger partial charge is 0.368 e. The first-order valence-electron chi connectivity index (χ1n) is 7.75. The lowest BCUT2D eigenvalue weighted by Gasteiger charge is -2.36. The third-order valence-electron chi connectivity index (χ3n) is 4.34. The van der Waals surface area contributed by atoms with E-state index in [2.05, 4.69) is 56.2 Å². The number of nitrogens with one attached hydrogen (secondary N) is 1. The van der Waals surface area contributed by atoms with Crippen LogP contribution in [-0.4, -0.2) is 43.7 Å². The summed E-state index contributed by atoms with van der Waals surface area (Å²) in [4.78, 5) is 5.01. The fourth-order valence-corrected chi connectivity index (χ4v) is 3.45. The van der Waals surface area contributed by atoms with Crippen molar-refractivity contribution < 1.29 is 0 Å². The maximum Gasteiger partial charge on any atom is 0.0511 e. The Morgan fingerprint density at radius 2 is 1.95 bits per heavy atom. The van der Waals surface area contributed by atoms with Gasteiger partial charge in [-0.25, -0.2) is 0 Å². The molecule has 0 amide bonds. The Labute approximate surface area is 130 Å². The van der Waals surface area contributed by atoms with E-state index < -0.39 is 0 Å². The van der Waals surface area contributed by atoms with Crippen molar-refractivity contribution >= 4 is 21.6 Å². The zero-order valence-corrected chi connectivity index (χ0v) is 13.8. The van der Waals surface area contributed by atoms with Gasteiger partial charge >= 0.3 is 0 Å². The van der Waals surface area contributed by atoms with Gasteiger partial charge in [0.25, 0.3) is 0 Å². The van der Waals surface area contributed by atoms with Crippen LogP contribution in [0.15, 0.2) is 22.7 Å². The van der Waals surface area contributed by atoms with E-state index in [4.69, 9.17) is 0 Å². The van der Waals surface area contributed by atoms with E-state index in [0.717, 1.165) is 25.7 Å². The number of hydrogen-bond donors (Lipinski definition) is 1. The zero-order chi connectivity index (χ0) is 13.9. The summed E-state index contributed by atoms with van der Waals surface area (Å²) in [5.41, 5.74) is 2.72. The molecule has 20 heavy (non-hydrogen) atoms. The van der Waals surface area contributed by atoms with Gasteiger partial charge in [-0.3, -0.25) is 0 Å². The molecule has 1 N–H and O–H groups in total. The average Bonchev–Trinajstić information content (AvgIpc) is 3.30. The second-order valence-corrected chi connectivity index (χ2v) is 6.72. The first-order valence-corrected chi connectivity index (χ1v) is 8.54. The van der Waals surface area contributed by atoms with Gasteiger partial charge in [-0.05, 0) is 53.0 Å². The summed E-state index contributed by atoms with van der Waals surface area (Å²) < 4.78 is 1.23. The van der Waals surface area contributed by atoms with Gasteiger partial charge in [0.2, 0.25) is 0 Å². The average molecular weight is 338 g/mol. The van der Waals surface area contributed by atoms with Crippen molar-refractivity contribution in [1.82, 2.24) is 10.2 Å². The van der Waals surface area contributed by atoms with Crippen molar-refractivity contribution in [3.63, 3.8) is 0 Å². The Morgan fingerprint density at radius 3 is 2.55 bits per heavy atom. The summed E-state index contributed by atoms with van der Waals surface area (Å²) in [7, 11) is 0. The summed E-state index contributed by atoms with van der Waals surface area (Å²) in [5, 5.41) is 3.57. The van der Waals surface area contributed by atoms with Crippen molar-refractivity contribution in [3.8, 4) is 0 Å². The molecule has 1 saturated heterocycles. The minimum atomic E-state index is 0.774. The number of anilines is 1. The third kappa shape index (κ3) is 3.54. The van der Waals surface area contributed by atoms with Crippen molar-refractivity contribution in [2.24, 2.45) is 0 Å². The predicted octanol–water partition coefficient (Wildman–Crippen LogP) is 2.84. The molecule has 1 aliphatic heterocycles. The van der Waals surface area contributed by atoms with Crippen molar-refractivity contribution in [1.29, 1.82) is 0 Å². The normalized spacial score (nSPS) is 20.4. The number of rotatable bonds is 5. The van der Waals surface area contributed by atoms with Gasteiger partial charge in [0.15, 0.2) is 0 Å². The minimum Gasteiger partial charge on any atom is -0.368 e. The first kappa shape index (κ1) is 14.4. The zero-order valence-electron chi connectivity index (χ0n) is 12.2. The lowest BCUT2D eigenvalue weighted by atomic mass is 10.1. The van der Waals surface area contributed by atoms with Crippen LogP contribution in [0.2, 0.25) is 0 Å². The van der Waals surface area contributed by atoms with Crippen LogP contribution >= 0.6 is 15.9 Å². The lowest BCUT2D eigenvalue weighted by molar-refractivity contribution is 0.271. The van der Waals surface area contributed by atoms with E-state index in [1.165, 1.54) is 48.2 Å². The quantitative estimate of drug-likeness (QED) is 0.891. The molecular formula is C16H24BrN3. The molecule has 1 aromatic carbocycles. The molecule has 3 nitrogen and oxygen atoms in total. The molecule has 3 rings (SSSR count). The maximum atomic E-state index is 3.75. The highest BCUT2D eigenvalue weighted by molar-refractivity contribution is 9.10. The topological polar surface area (TPSA) is 18.5 Å². The molecule has 4 heteroatoms. The molecule has 0 bridgehead atoms. The molecule has 2 fully saturated rings. The minimum absolute atomic E-state index is 0.774. The van der Waals surface area contributed by atoms with E-state index in [0.29, 0.717) is 0 Å². The molecule has 0 spiro atoms. The molecule has 0 unspecified atom stereocenters. The highest BCUT2D eigenvalue weighted by atomic mass is 79.9. The van der Waals surface area contributed by atoms with Crippen molar-refractivity contribution in [2.45, 2.75) is 32.4 Å². The predicted molar refractivity (Wildman–Crippen MR) is 88.3 cm³/mol. The number of halogens is 1. The molecular weight excluding hydrogens is 314 g/mol. The molecule has 0 radical (unpaired) electrons. The fourth-order valence-electron chi connectivity index (χ4n) is 2.77. The number of likely N-dealkylation sites (N-methyl/N-ethyl adjacent to an activating group) is 1. The number of piperazine rings is 1. The van der Waals surface area contributed by atoms with E-state index in [9.17, 15) is 0 Å². The van der Waals surface area contributed by atoms with Crippen LogP contribution in [0, 0.1) is 0 Å². The van der Waals surface area contributed by atoms with Gasteiger partial charge < -0.3 is 15.1 Å². The van der Waals surface area contributed by atoms with E-state index in [1.807, 2.05) is 0 Å². The van der Waals surface area contributed by atoms with Crippen LogP contribution in [0.1, 0.15) is 25.3 Å². The van der Waals surface area contributed by atoms with Crippen LogP contribution in [0.3, 0.4) is 0 Å². The maximum absolute atomic E-state index is 3.75. The Bertz CT molecular complexity index is 451. The van der Waals surface area contributed by atoms with Crippen LogP contribution < -0.4 is 10.2 Å². The Balaban J connectivity index is 1.61. The van der Waals surface area contributed by atoms with Crippen LogP contribution in [0.5, 0.6) is 0 Å². The van der Waals surface area contributed by atoms with E-state index >= 15 is 0 Å². The van der Waals surface area contributed by atoms with Crippen molar-refractivity contribution in [2.75, 3.05) is 37.6 Å². The van der Waals surface area contributed by atoms with Crippen molar-refractivity contribution in [3.05, 3.63) is 28.2 Å². The van der Waals surface area contributed by atoms with Crippen LogP contribution in [0.4, 0.5) is 5.69 Å². The Morgan fingerprint density at radius 1 is 1.20 bits per heavy atom. The number of nitrogens with zero attached hydrogens (tertiary/aromatic N) is 2. The van der Waals surface area contributed by atoms with E-state index in [-0.39, 0.29) is 0 Å². The van der Waals surface area contributed by atoms with Crippen LogP contribution in [-0.2, 0) is 6.54 Å². The van der Waals surface area contributed by atoms with Gasteiger partial charge in [0.05, 0.1) is 5.69 Å².